The van der Waals surface area contributed by atoms with Crippen LogP contribution in [0.15, 0.2) is 30.4 Å². The third kappa shape index (κ3) is 3.86. The molecule has 0 saturated heterocycles. The smallest absolute Gasteiger partial charge is 0.0828 e. The fourth-order valence-electron chi connectivity index (χ4n) is 1.30. The van der Waals surface area contributed by atoms with Crippen molar-refractivity contribution in [3.8, 4) is 0 Å². The van der Waals surface area contributed by atoms with E-state index in [-0.39, 0.29) is 0 Å². The maximum Gasteiger partial charge on any atom is 0.0828 e. The van der Waals surface area contributed by atoms with Crippen LogP contribution < -0.4 is 0 Å². The van der Waals surface area contributed by atoms with Gasteiger partial charge in [0.15, 0.2) is 0 Å². The Balaban J connectivity index is 2.81. The van der Waals surface area contributed by atoms with E-state index in [4.69, 9.17) is 23.2 Å². The minimum Gasteiger partial charge on any atom is -0.388 e. The van der Waals surface area contributed by atoms with Gasteiger partial charge in [-0.25, -0.2) is 0 Å². The highest BCUT2D eigenvalue weighted by molar-refractivity contribution is 6.34. The minimum atomic E-state index is -0.575. The van der Waals surface area contributed by atoms with Crippen molar-refractivity contribution in [1.29, 1.82) is 0 Å². The lowest BCUT2D eigenvalue weighted by atomic mass is 10.0. The lowest BCUT2D eigenvalue weighted by Crippen LogP contribution is -1.98. The largest absolute Gasteiger partial charge is 0.388 e. The molecule has 3 heteroatoms. The zero-order chi connectivity index (χ0) is 11.4. The summed E-state index contributed by atoms with van der Waals surface area (Å²) in [6, 6.07) is 5.09. The molecule has 1 aromatic rings. The van der Waals surface area contributed by atoms with Crippen molar-refractivity contribution >= 4 is 23.2 Å². The maximum absolute atomic E-state index is 9.89. The predicted octanol–water partition coefficient (Wildman–Crippen LogP) is 4.38. The molecule has 0 aromatic heterocycles. The van der Waals surface area contributed by atoms with E-state index in [1.165, 1.54) is 0 Å². The summed E-state index contributed by atoms with van der Waals surface area (Å²) < 4.78 is 0. The highest BCUT2D eigenvalue weighted by Gasteiger charge is 2.10. The van der Waals surface area contributed by atoms with Crippen LogP contribution in [-0.2, 0) is 0 Å². The van der Waals surface area contributed by atoms with E-state index >= 15 is 0 Å². The number of hydrogen-bond acceptors (Lipinski definition) is 1. The molecular formula is C12H14Cl2O. The van der Waals surface area contributed by atoms with Gasteiger partial charge in [-0.05, 0) is 36.6 Å². The molecule has 1 unspecified atom stereocenters. The summed E-state index contributed by atoms with van der Waals surface area (Å²) in [6.07, 6.45) is 0.840. The molecule has 0 aliphatic carbocycles. The van der Waals surface area contributed by atoms with E-state index in [9.17, 15) is 5.11 Å². The minimum absolute atomic E-state index is 0.540. The van der Waals surface area contributed by atoms with Gasteiger partial charge >= 0.3 is 0 Å². The lowest BCUT2D eigenvalue weighted by Gasteiger charge is -2.12. The molecule has 0 aliphatic heterocycles. The summed E-state index contributed by atoms with van der Waals surface area (Å²) in [5.41, 5.74) is 1.75. The average Bonchev–Trinajstić information content (AvgIpc) is 2.16. The lowest BCUT2D eigenvalue weighted by molar-refractivity contribution is 0.177. The Morgan fingerprint density at radius 3 is 2.33 bits per heavy atom. The average molecular weight is 245 g/mol. The van der Waals surface area contributed by atoms with Gasteiger partial charge in [-0.2, -0.15) is 0 Å². The Hall–Kier alpha value is -0.500. The number of rotatable bonds is 4. The summed E-state index contributed by atoms with van der Waals surface area (Å²) in [5.74, 6) is 0. The molecule has 1 aromatic carbocycles. The van der Waals surface area contributed by atoms with Gasteiger partial charge in [0.1, 0.15) is 0 Å². The molecule has 1 rings (SSSR count). The van der Waals surface area contributed by atoms with Crippen LogP contribution >= 0.6 is 23.2 Å². The Labute approximate surface area is 100 Å². The monoisotopic (exact) mass is 244 g/mol. The van der Waals surface area contributed by atoms with Gasteiger partial charge in [-0.1, -0.05) is 42.3 Å². The molecule has 0 amide bonds. The second-order valence-corrected chi connectivity index (χ2v) is 4.40. The van der Waals surface area contributed by atoms with E-state index in [1.807, 2.05) is 6.92 Å². The van der Waals surface area contributed by atoms with Crippen LogP contribution in [0, 0.1) is 0 Å². The van der Waals surface area contributed by atoms with Crippen LogP contribution in [0.25, 0.3) is 0 Å². The quantitative estimate of drug-likeness (QED) is 0.780. The molecule has 0 bridgehead atoms. The van der Waals surface area contributed by atoms with Crippen LogP contribution in [0.4, 0.5) is 0 Å². The molecule has 1 nitrogen and oxygen atoms in total. The Morgan fingerprint density at radius 1 is 1.33 bits per heavy atom. The van der Waals surface area contributed by atoms with Crippen molar-refractivity contribution in [2.24, 2.45) is 0 Å². The second kappa shape index (κ2) is 5.55. The van der Waals surface area contributed by atoms with Gasteiger partial charge in [-0.15, -0.1) is 0 Å². The first-order valence-corrected chi connectivity index (χ1v) is 5.59. The van der Waals surface area contributed by atoms with Gasteiger partial charge in [-0.3, -0.25) is 0 Å². The predicted molar refractivity (Wildman–Crippen MR) is 65.5 cm³/mol. The van der Waals surface area contributed by atoms with E-state index in [1.54, 1.807) is 18.2 Å². The highest BCUT2D eigenvalue weighted by Crippen LogP contribution is 2.27. The van der Waals surface area contributed by atoms with Gasteiger partial charge in [0, 0.05) is 10.0 Å². The summed E-state index contributed by atoms with van der Waals surface area (Å²) in [4.78, 5) is 0. The topological polar surface area (TPSA) is 20.2 Å². The molecule has 1 N–H and O–H groups in total. The van der Waals surface area contributed by atoms with E-state index in [0.29, 0.717) is 16.5 Å². The van der Waals surface area contributed by atoms with Crippen LogP contribution in [0.1, 0.15) is 31.4 Å². The molecule has 15 heavy (non-hydrogen) atoms. The van der Waals surface area contributed by atoms with Crippen molar-refractivity contribution in [3.63, 3.8) is 0 Å². The molecule has 0 radical (unpaired) electrons. The van der Waals surface area contributed by atoms with Gasteiger partial charge < -0.3 is 5.11 Å². The van der Waals surface area contributed by atoms with Crippen molar-refractivity contribution in [1.82, 2.24) is 0 Å². The number of aliphatic hydroxyl groups excluding tert-OH is 1. The van der Waals surface area contributed by atoms with Crippen molar-refractivity contribution in [2.75, 3.05) is 0 Å². The van der Waals surface area contributed by atoms with Crippen LogP contribution in [0.5, 0.6) is 0 Å². The van der Waals surface area contributed by atoms with Crippen molar-refractivity contribution in [3.05, 3.63) is 46.0 Å². The summed E-state index contributed by atoms with van der Waals surface area (Å²) in [6.45, 7) is 5.87. The van der Waals surface area contributed by atoms with Crippen LogP contribution in [-0.4, -0.2) is 5.11 Å². The van der Waals surface area contributed by atoms with E-state index < -0.39 is 6.10 Å². The van der Waals surface area contributed by atoms with Crippen molar-refractivity contribution < 1.29 is 5.11 Å². The maximum atomic E-state index is 9.89. The number of benzene rings is 1. The normalized spacial score (nSPS) is 12.5. The zero-order valence-electron chi connectivity index (χ0n) is 8.63. The Kier molecular flexibility index (Phi) is 4.65. The number of aliphatic hydroxyl groups is 1. The molecule has 0 fully saturated rings. The first kappa shape index (κ1) is 12.6. The van der Waals surface area contributed by atoms with Gasteiger partial charge in [0.25, 0.3) is 0 Å². The molecule has 0 spiro atoms. The highest BCUT2D eigenvalue weighted by atomic mass is 35.5. The zero-order valence-corrected chi connectivity index (χ0v) is 10.1. The summed E-state index contributed by atoms with van der Waals surface area (Å²) in [5, 5.41) is 11.0. The molecule has 0 heterocycles. The van der Waals surface area contributed by atoms with Crippen LogP contribution in [0.2, 0.25) is 10.0 Å². The Morgan fingerprint density at radius 2 is 1.87 bits per heavy atom. The first-order valence-electron chi connectivity index (χ1n) is 4.83. The summed E-state index contributed by atoms with van der Waals surface area (Å²) >= 11 is 11.7. The fraction of sp³-hybridized carbons (Fsp3) is 0.333. The Bertz CT molecular complexity index is 340. The third-order valence-corrected chi connectivity index (χ3v) is 2.69. The standard InChI is InChI=1S/C12H14Cl2O/c1-3-8(2)4-12(15)9-5-10(13)7-11(14)6-9/h5-7,12,15H,2-4H2,1H3. The second-order valence-electron chi connectivity index (χ2n) is 3.53. The SMILES string of the molecule is C=C(CC)CC(O)c1cc(Cl)cc(Cl)c1. The fourth-order valence-corrected chi connectivity index (χ4v) is 1.85. The van der Waals surface area contributed by atoms with Gasteiger partial charge in [0.05, 0.1) is 6.10 Å². The van der Waals surface area contributed by atoms with Gasteiger partial charge in [0.2, 0.25) is 0 Å². The van der Waals surface area contributed by atoms with Crippen LogP contribution in [0.3, 0.4) is 0 Å². The molecule has 0 aliphatic rings. The van der Waals surface area contributed by atoms with E-state index in [2.05, 4.69) is 6.58 Å². The third-order valence-electron chi connectivity index (χ3n) is 2.25. The first-order chi connectivity index (χ1) is 7.02. The molecule has 82 valence electrons. The molecular weight excluding hydrogens is 231 g/mol. The number of halogens is 2. The molecule has 1 atom stereocenters. The molecule has 0 saturated carbocycles. The van der Waals surface area contributed by atoms with E-state index in [0.717, 1.165) is 17.6 Å². The number of hydrogen-bond donors (Lipinski definition) is 1. The summed E-state index contributed by atoms with van der Waals surface area (Å²) in [7, 11) is 0. The van der Waals surface area contributed by atoms with Crippen molar-refractivity contribution in [2.45, 2.75) is 25.9 Å².